The van der Waals surface area contributed by atoms with Gasteiger partial charge in [-0.1, -0.05) is 29.8 Å². The van der Waals surface area contributed by atoms with Crippen LogP contribution in [0.25, 0.3) is 5.69 Å². The molecule has 0 unspecified atom stereocenters. The van der Waals surface area contributed by atoms with Crippen LogP contribution >= 0.6 is 11.6 Å². The van der Waals surface area contributed by atoms with Crippen LogP contribution in [0.5, 0.6) is 0 Å². The Bertz CT molecular complexity index is 1120. The smallest absolute Gasteiger partial charge is 0.226 e. The van der Waals surface area contributed by atoms with Gasteiger partial charge in [0.15, 0.2) is 5.78 Å². The summed E-state index contributed by atoms with van der Waals surface area (Å²) in [5.41, 5.74) is 5.05. The van der Waals surface area contributed by atoms with Crippen LogP contribution < -0.4 is 5.32 Å². The number of rotatable bonds is 3. The average molecular weight is 394 g/mol. The Morgan fingerprint density at radius 3 is 2.61 bits per heavy atom. The molecule has 142 valence electrons. The van der Waals surface area contributed by atoms with E-state index in [9.17, 15) is 9.59 Å². The zero-order valence-electron chi connectivity index (χ0n) is 15.9. The van der Waals surface area contributed by atoms with Crippen LogP contribution in [0, 0.1) is 20.8 Å². The van der Waals surface area contributed by atoms with E-state index in [-0.39, 0.29) is 18.1 Å². The number of fused-ring (bicyclic) bond motifs is 1. The number of amides is 1. The Morgan fingerprint density at radius 2 is 1.89 bits per heavy atom. The molecule has 1 atom stereocenters. The third-order valence-electron chi connectivity index (χ3n) is 5.29. The largest absolute Gasteiger partial charge is 0.310 e. The molecule has 6 heteroatoms. The first-order chi connectivity index (χ1) is 13.4. The van der Waals surface area contributed by atoms with Crippen LogP contribution in [-0.4, -0.2) is 21.5 Å². The fourth-order valence-electron chi connectivity index (χ4n) is 3.66. The van der Waals surface area contributed by atoms with Gasteiger partial charge in [-0.05, 0) is 56.2 Å². The molecule has 0 bridgehead atoms. The Labute approximate surface area is 168 Å². The van der Waals surface area contributed by atoms with E-state index in [1.54, 1.807) is 28.9 Å². The molecule has 4 rings (SSSR count). The van der Waals surface area contributed by atoms with Crippen LogP contribution in [0.15, 0.2) is 42.5 Å². The van der Waals surface area contributed by atoms with Gasteiger partial charge >= 0.3 is 0 Å². The SMILES string of the molecule is Cc1ccc(-n2nc(C)c3c2NC(=O)C[C@H]3C(=O)c2ccccc2Cl)cc1C. The lowest BCUT2D eigenvalue weighted by atomic mass is 9.85. The van der Waals surface area contributed by atoms with Crippen molar-refractivity contribution in [2.24, 2.45) is 0 Å². The number of carbonyl (C=O) groups excluding carboxylic acids is 2. The summed E-state index contributed by atoms with van der Waals surface area (Å²) < 4.78 is 1.71. The quantitative estimate of drug-likeness (QED) is 0.652. The van der Waals surface area contributed by atoms with Crippen molar-refractivity contribution in [3.05, 3.63) is 75.4 Å². The van der Waals surface area contributed by atoms with E-state index in [1.165, 1.54) is 5.56 Å². The molecule has 5 nitrogen and oxygen atoms in total. The highest BCUT2D eigenvalue weighted by atomic mass is 35.5. The molecule has 2 aromatic carbocycles. The molecule has 0 aliphatic carbocycles. The number of hydrogen-bond acceptors (Lipinski definition) is 3. The molecule has 1 amide bonds. The van der Waals surface area contributed by atoms with Crippen LogP contribution in [0.1, 0.15) is 45.1 Å². The van der Waals surface area contributed by atoms with Gasteiger partial charge in [0, 0.05) is 17.5 Å². The second-order valence-corrected chi connectivity index (χ2v) is 7.58. The lowest BCUT2D eigenvalue weighted by Gasteiger charge is -2.23. The van der Waals surface area contributed by atoms with E-state index in [4.69, 9.17) is 11.6 Å². The van der Waals surface area contributed by atoms with Gasteiger partial charge in [-0.2, -0.15) is 5.10 Å². The molecule has 0 saturated heterocycles. The van der Waals surface area contributed by atoms with Crippen LogP contribution in [0.3, 0.4) is 0 Å². The summed E-state index contributed by atoms with van der Waals surface area (Å²) in [6.07, 6.45) is 0.0799. The van der Waals surface area contributed by atoms with Crippen molar-refractivity contribution in [2.45, 2.75) is 33.1 Å². The molecule has 0 radical (unpaired) electrons. The predicted octanol–water partition coefficient (Wildman–Crippen LogP) is 4.76. The number of halogens is 1. The van der Waals surface area contributed by atoms with E-state index in [0.29, 0.717) is 16.4 Å². The average Bonchev–Trinajstić information content (AvgIpc) is 2.99. The number of hydrogen-bond donors (Lipinski definition) is 1. The number of aryl methyl sites for hydroxylation is 3. The fourth-order valence-corrected chi connectivity index (χ4v) is 3.89. The van der Waals surface area contributed by atoms with Gasteiger partial charge in [-0.3, -0.25) is 9.59 Å². The minimum absolute atomic E-state index is 0.0799. The van der Waals surface area contributed by atoms with Gasteiger partial charge in [-0.25, -0.2) is 4.68 Å². The first kappa shape index (κ1) is 18.4. The predicted molar refractivity (Wildman–Crippen MR) is 110 cm³/mol. The van der Waals surface area contributed by atoms with Gasteiger partial charge in [0.05, 0.1) is 22.3 Å². The maximum absolute atomic E-state index is 13.2. The highest BCUT2D eigenvalue weighted by molar-refractivity contribution is 6.34. The molecule has 1 aromatic heterocycles. The van der Waals surface area contributed by atoms with Crippen molar-refractivity contribution in [3.63, 3.8) is 0 Å². The van der Waals surface area contributed by atoms with E-state index < -0.39 is 5.92 Å². The van der Waals surface area contributed by atoms with E-state index >= 15 is 0 Å². The molecule has 0 saturated carbocycles. The second kappa shape index (κ2) is 6.91. The summed E-state index contributed by atoms with van der Waals surface area (Å²) in [7, 11) is 0. The molecule has 2 heterocycles. The lowest BCUT2D eigenvalue weighted by molar-refractivity contribution is -0.116. The maximum atomic E-state index is 13.2. The summed E-state index contributed by atoms with van der Waals surface area (Å²) in [5.74, 6) is -0.418. The zero-order valence-corrected chi connectivity index (χ0v) is 16.7. The summed E-state index contributed by atoms with van der Waals surface area (Å²) in [6, 6.07) is 12.9. The highest BCUT2D eigenvalue weighted by Crippen LogP contribution is 2.39. The first-order valence-electron chi connectivity index (χ1n) is 9.12. The summed E-state index contributed by atoms with van der Waals surface area (Å²) in [4.78, 5) is 25.7. The van der Waals surface area contributed by atoms with Gasteiger partial charge in [-0.15, -0.1) is 0 Å². The number of aromatic nitrogens is 2. The first-order valence-corrected chi connectivity index (χ1v) is 9.50. The molecule has 0 fully saturated rings. The van der Waals surface area contributed by atoms with Crippen LogP contribution in [0.4, 0.5) is 5.82 Å². The van der Waals surface area contributed by atoms with E-state index in [2.05, 4.69) is 10.4 Å². The number of ketones is 1. The number of carbonyl (C=O) groups is 2. The molecule has 1 aliphatic heterocycles. The Hall–Kier alpha value is -2.92. The van der Waals surface area contributed by atoms with Crippen LogP contribution in [-0.2, 0) is 4.79 Å². The molecule has 0 spiro atoms. The Kier molecular flexibility index (Phi) is 4.55. The molecule has 1 aliphatic rings. The normalized spacial score (nSPS) is 15.9. The molecule has 28 heavy (non-hydrogen) atoms. The van der Waals surface area contributed by atoms with Gasteiger partial charge in [0.1, 0.15) is 5.82 Å². The van der Waals surface area contributed by atoms with Crippen molar-refractivity contribution in [2.75, 3.05) is 5.32 Å². The standard InChI is InChI=1S/C22H20ClN3O2/c1-12-8-9-15(10-13(12)2)26-22-20(14(3)25-26)17(11-19(27)24-22)21(28)16-6-4-5-7-18(16)23/h4-10,17H,11H2,1-3H3,(H,24,27)/t17-/m1/s1. The monoisotopic (exact) mass is 393 g/mol. The Balaban J connectivity index is 1.84. The zero-order chi connectivity index (χ0) is 20.0. The van der Waals surface area contributed by atoms with Crippen molar-refractivity contribution in [1.82, 2.24) is 9.78 Å². The van der Waals surface area contributed by atoms with Crippen molar-refractivity contribution in [1.29, 1.82) is 0 Å². The summed E-state index contributed by atoms with van der Waals surface area (Å²) in [6.45, 7) is 5.94. The van der Waals surface area contributed by atoms with Crippen molar-refractivity contribution >= 4 is 29.1 Å². The summed E-state index contributed by atoms with van der Waals surface area (Å²) in [5, 5.41) is 7.93. The molecular weight excluding hydrogens is 374 g/mol. The van der Waals surface area contributed by atoms with Crippen LogP contribution in [0.2, 0.25) is 5.02 Å². The Morgan fingerprint density at radius 1 is 1.14 bits per heavy atom. The molecule has 1 N–H and O–H groups in total. The fraction of sp³-hybridized carbons (Fsp3) is 0.227. The third kappa shape index (κ3) is 3.02. The molecular formula is C22H20ClN3O2. The lowest BCUT2D eigenvalue weighted by Crippen LogP contribution is -2.28. The number of benzene rings is 2. The maximum Gasteiger partial charge on any atom is 0.226 e. The van der Waals surface area contributed by atoms with Gasteiger partial charge in [0.2, 0.25) is 5.91 Å². The van der Waals surface area contributed by atoms with Gasteiger partial charge < -0.3 is 5.32 Å². The number of nitrogens with zero attached hydrogens (tertiary/aromatic N) is 2. The van der Waals surface area contributed by atoms with Crippen molar-refractivity contribution in [3.8, 4) is 5.69 Å². The second-order valence-electron chi connectivity index (χ2n) is 7.18. The van der Waals surface area contributed by atoms with Crippen molar-refractivity contribution < 1.29 is 9.59 Å². The topological polar surface area (TPSA) is 64.0 Å². The highest BCUT2D eigenvalue weighted by Gasteiger charge is 2.36. The van der Waals surface area contributed by atoms with Gasteiger partial charge in [0.25, 0.3) is 0 Å². The number of anilines is 1. The number of Topliss-reactive ketones (excluding diaryl/α,β-unsaturated/α-hetero) is 1. The minimum Gasteiger partial charge on any atom is -0.310 e. The van der Waals surface area contributed by atoms with E-state index in [1.807, 2.05) is 39.0 Å². The molecule has 3 aromatic rings. The van der Waals surface area contributed by atoms with E-state index in [0.717, 1.165) is 22.5 Å². The third-order valence-corrected chi connectivity index (χ3v) is 5.62. The summed E-state index contributed by atoms with van der Waals surface area (Å²) >= 11 is 6.23. The minimum atomic E-state index is -0.607. The number of nitrogens with one attached hydrogen (secondary N) is 1.